The number of nitrogens with one attached hydrogen (secondary N) is 1. The predicted molar refractivity (Wildman–Crippen MR) is 80.1 cm³/mol. The molecule has 1 aliphatic carbocycles. The first-order valence-corrected chi connectivity index (χ1v) is 7.60. The van der Waals surface area contributed by atoms with Crippen molar-refractivity contribution in [2.75, 3.05) is 13.2 Å². The minimum absolute atomic E-state index is 0.484. The van der Waals surface area contributed by atoms with Crippen molar-refractivity contribution in [3.8, 4) is 0 Å². The van der Waals surface area contributed by atoms with Crippen molar-refractivity contribution in [3.05, 3.63) is 35.9 Å². The van der Waals surface area contributed by atoms with Crippen LogP contribution in [0.3, 0.4) is 0 Å². The van der Waals surface area contributed by atoms with E-state index in [9.17, 15) is 0 Å². The second-order valence-electron chi connectivity index (χ2n) is 6.07. The van der Waals surface area contributed by atoms with Crippen LogP contribution >= 0.6 is 0 Å². The van der Waals surface area contributed by atoms with Crippen LogP contribution in [-0.2, 0) is 11.3 Å². The maximum absolute atomic E-state index is 6.00. The van der Waals surface area contributed by atoms with Crippen LogP contribution in [-0.4, -0.2) is 19.3 Å². The standard InChI is InChI=1S/C17H27NO/c1-14-10-15(2)12-17(11-14)19-9-8-18-13-16-6-4-3-5-7-16/h3-7,14-15,17-18H,8-13H2,1-2H3. The first-order chi connectivity index (χ1) is 9.24. The summed E-state index contributed by atoms with van der Waals surface area (Å²) in [4.78, 5) is 0. The van der Waals surface area contributed by atoms with Crippen LogP contribution in [0.4, 0.5) is 0 Å². The van der Waals surface area contributed by atoms with Crippen molar-refractivity contribution in [2.24, 2.45) is 11.8 Å². The van der Waals surface area contributed by atoms with Gasteiger partial charge in [-0.15, -0.1) is 0 Å². The number of hydrogen-bond donors (Lipinski definition) is 1. The van der Waals surface area contributed by atoms with E-state index in [2.05, 4.69) is 49.5 Å². The molecule has 2 atom stereocenters. The van der Waals surface area contributed by atoms with Gasteiger partial charge >= 0.3 is 0 Å². The normalized spacial score (nSPS) is 27.4. The number of benzene rings is 1. The Bertz CT molecular complexity index is 342. The van der Waals surface area contributed by atoms with Gasteiger partial charge in [0.15, 0.2) is 0 Å². The minimum Gasteiger partial charge on any atom is -0.377 e. The Morgan fingerprint density at radius 1 is 1.05 bits per heavy atom. The van der Waals surface area contributed by atoms with Crippen molar-refractivity contribution in [2.45, 2.75) is 45.8 Å². The molecular weight excluding hydrogens is 234 g/mol. The van der Waals surface area contributed by atoms with Crippen LogP contribution in [0.5, 0.6) is 0 Å². The zero-order chi connectivity index (χ0) is 13.5. The summed E-state index contributed by atoms with van der Waals surface area (Å²) in [5.74, 6) is 1.65. The molecule has 1 aromatic rings. The highest BCUT2D eigenvalue weighted by Gasteiger charge is 2.23. The highest BCUT2D eigenvalue weighted by molar-refractivity contribution is 5.14. The monoisotopic (exact) mass is 261 g/mol. The van der Waals surface area contributed by atoms with Gasteiger partial charge in [0, 0.05) is 13.1 Å². The SMILES string of the molecule is CC1CC(C)CC(OCCNCc2ccccc2)C1. The summed E-state index contributed by atoms with van der Waals surface area (Å²) in [7, 11) is 0. The summed E-state index contributed by atoms with van der Waals surface area (Å²) in [6.07, 6.45) is 4.33. The highest BCUT2D eigenvalue weighted by atomic mass is 16.5. The Morgan fingerprint density at radius 3 is 2.42 bits per heavy atom. The summed E-state index contributed by atoms with van der Waals surface area (Å²) in [5, 5.41) is 3.44. The fraction of sp³-hybridized carbons (Fsp3) is 0.647. The van der Waals surface area contributed by atoms with Gasteiger partial charge in [-0.25, -0.2) is 0 Å². The molecule has 19 heavy (non-hydrogen) atoms. The van der Waals surface area contributed by atoms with Crippen LogP contribution in [0.15, 0.2) is 30.3 Å². The van der Waals surface area contributed by atoms with E-state index < -0.39 is 0 Å². The minimum atomic E-state index is 0.484. The first kappa shape index (κ1) is 14.5. The van der Waals surface area contributed by atoms with Crippen LogP contribution in [0.1, 0.15) is 38.7 Å². The first-order valence-electron chi connectivity index (χ1n) is 7.60. The van der Waals surface area contributed by atoms with Gasteiger partial charge in [0.2, 0.25) is 0 Å². The third-order valence-corrected chi connectivity index (χ3v) is 3.94. The Morgan fingerprint density at radius 2 is 1.74 bits per heavy atom. The molecule has 0 saturated heterocycles. The molecule has 2 unspecified atom stereocenters. The van der Waals surface area contributed by atoms with E-state index in [1.165, 1.54) is 24.8 Å². The van der Waals surface area contributed by atoms with E-state index in [-0.39, 0.29) is 0 Å². The largest absolute Gasteiger partial charge is 0.377 e. The van der Waals surface area contributed by atoms with Crippen LogP contribution in [0.2, 0.25) is 0 Å². The zero-order valence-corrected chi connectivity index (χ0v) is 12.3. The molecule has 1 fully saturated rings. The van der Waals surface area contributed by atoms with E-state index >= 15 is 0 Å². The maximum atomic E-state index is 6.00. The van der Waals surface area contributed by atoms with Gasteiger partial charge in [0.05, 0.1) is 12.7 Å². The smallest absolute Gasteiger partial charge is 0.0594 e. The van der Waals surface area contributed by atoms with E-state index in [0.717, 1.165) is 31.5 Å². The second kappa shape index (κ2) is 7.66. The van der Waals surface area contributed by atoms with Gasteiger partial charge in [-0.1, -0.05) is 44.2 Å². The third-order valence-electron chi connectivity index (χ3n) is 3.94. The molecule has 0 aliphatic heterocycles. The lowest BCUT2D eigenvalue weighted by Crippen LogP contribution is -2.29. The molecule has 0 bridgehead atoms. The van der Waals surface area contributed by atoms with Crippen molar-refractivity contribution in [1.29, 1.82) is 0 Å². The molecule has 0 amide bonds. The van der Waals surface area contributed by atoms with Gasteiger partial charge in [-0.05, 0) is 36.7 Å². The van der Waals surface area contributed by atoms with Gasteiger partial charge < -0.3 is 10.1 Å². The second-order valence-corrected chi connectivity index (χ2v) is 6.07. The molecule has 1 aromatic carbocycles. The summed E-state index contributed by atoms with van der Waals surface area (Å²) in [5.41, 5.74) is 1.34. The summed E-state index contributed by atoms with van der Waals surface area (Å²) in [6.45, 7) is 7.39. The lowest BCUT2D eigenvalue weighted by molar-refractivity contribution is 0.00263. The molecule has 2 rings (SSSR count). The van der Waals surface area contributed by atoms with Crippen molar-refractivity contribution >= 4 is 0 Å². The van der Waals surface area contributed by atoms with Gasteiger partial charge in [0.1, 0.15) is 0 Å². The van der Waals surface area contributed by atoms with Crippen molar-refractivity contribution in [1.82, 2.24) is 5.32 Å². The Balaban J connectivity index is 1.57. The third kappa shape index (κ3) is 5.33. The average molecular weight is 261 g/mol. The molecule has 2 nitrogen and oxygen atoms in total. The Labute approximate surface area is 117 Å². The van der Waals surface area contributed by atoms with E-state index in [4.69, 9.17) is 4.74 Å². The van der Waals surface area contributed by atoms with Crippen molar-refractivity contribution in [3.63, 3.8) is 0 Å². The molecular formula is C17H27NO. The molecule has 1 aliphatic rings. The highest BCUT2D eigenvalue weighted by Crippen LogP contribution is 2.30. The average Bonchev–Trinajstić information content (AvgIpc) is 2.38. The lowest BCUT2D eigenvalue weighted by atomic mass is 9.82. The van der Waals surface area contributed by atoms with E-state index in [0.29, 0.717) is 6.10 Å². The molecule has 1 saturated carbocycles. The quantitative estimate of drug-likeness (QED) is 0.790. The van der Waals surface area contributed by atoms with E-state index in [1.807, 2.05) is 0 Å². The summed E-state index contributed by atoms with van der Waals surface area (Å²) < 4.78 is 6.00. The molecule has 1 N–H and O–H groups in total. The molecule has 0 radical (unpaired) electrons. The van der Waals surface area contributed by atoms with Gasteiger partial charge in [-0.2, -0.15) is 0 Å². The molecule has 2 heteroatoms. The fourth-order valence-electron chi connectivity index (χ4n) is 3.14. The van der Waals surface area contributed by atoms with Crippen molar-refractivity contribution < 1.29 is 4.74 Å². The lowest BCUT2D eigenvalue weighted by Gasteiger charge is -2.31. The van der Waals surface area contributed by atoms with Crippen LogP contribution < -0.4 is 5.32 Å². The molecule has 0 aromatic heterocycles. The molecule has 0 spiro atoms. The summed E-state index contributed by atoms with van der Waals surface area (Å²) in [6, 6.07) is 10.5. The van der Waals surface area contributed by atoms with Gasteiger partial charge in [-0.3, -0.25) is 0 Å². The predicted octanol–water partition coefficient (Wildman–Crippen LogP) is 3.62. The number of hydrogen-bond acceptors (Lipinski definition) is 2. The number of rotatable bonds is 6. The molecule has 0 heterocycles. The Kier molecular flexibility index (Phi) is 5.87. The van der Waals surface area contributed by atoms with Crippen LogP contribution in [0.25, 0.3) is 0 Å². The maximum Gasteiger partial charge on any atom is 0.0594 e. The van der Waals surface area contributed by atoms with Crippen LogP contribution in [0, 0.1) is 11.8 Å². The number of ether oxygens (including phenoxy) is 1. The van der Waals surface area contributed by atoms with Gasteiger partial charge in [0.25, 0.3) is 0 Å². The summed E-state index contributed by atoms with van der Waals surface area (Å²) >= 11 is 0. The topological polar surface area (TPSA) is 21.3 Å². The zero-order valence-electron chi connectivity index (χ0n) is 12.3. The fourth-order valence-corrected chi connectivity index (χ4v) is 3.14. The van der Waals surface area contributed by atoms with E-state index in [1.54, 1.807) is 0 Å². The Hall–Kier alpha value is -0.860. The molecule has 106 valence electrons.